The van der Waals surface area contributed by atoms with Crippen LogP contribution in [-0.4, -0.2) is 77.9 Å². The number of likely N-dealkylation sites (tertiary alicyclic amines) is 2. The highest BCUT2D eigenvalue weighted by Gasteiger charge is 2.40. The maximum atomic E-state index is 13.2. The molecule has 2 saturated heterocycles. The highest BCUT2D eigenvalue weighted by Crippen LogP contribution is 2.22. The Bertz CT molecular complexity index is 636. The third-order valence-electron chi connectivity index (χ3n) is 5.56. The SMILES string of the molecule is COC(=O)[C@@H]1CCCN1C(=O)[C@H](CC(C)C)NC(=O)[C@@H]1CCCN1C(=O)[C@H](C)N. The summed E-state index contributed by atoms with van der Waals surface area (Å²) in [6.07, 6.45) is 2.98. The normalized spacial score (nSPS) is 23.8. The van der Waals surface area contributed by atoms with Crippen molar-refractivity contribution >= 4 is 23.7 Å². The van der Waals surface area contributed by atoms with Crippen molar-refractivity contribution in [2.24, 2.45) is 11.7 Å². The van der Waals surface area contributed by atoms with E-state index in [4.69, 9.17) is 10.5 Å². The molecule has 3 amide bonds. The summed E-state index contributed by atoms with van der Waals surface area (Å²) in [5, 5.41) is 2.85. The average Bonchev–Trinajstić information content (AvgIpc) is 3.34. The molecule has 2 fully saturated rings. The minimum atomic E-state index is -0.749. The summed E-state index contributed by atoms with van der Waals surface area (Å²) in [6.45, 7) is 6.48. The van der Waals surface area contributed by atoms with Crippen LogP contribution in [0.2, 0.25) is 0 Å². The first-order chi connectivity index (χ1) is 13.7. The Morgan fingerprint density at radius 2 is 1.55 bits per heavy atom. The number of amides is 3. The van der Waals surface area contributed by atoms with Crippen molar-refractivity contribution in [2.45, 2.75) is 77.0 Å². The molecular weight excluding hydrogens is 376 g/mol. The van der Waals surface area contributed by atoms with Gasteiger partial charge in [0, 0.05) is 13.1 Å². The number of methoxy groups -OCH3 is 1. The largest absolute Gasteiger partial charge is 0.467 e. The molecule has 0 aromatic rings. The van der Waals surface area contributed by atoms with Gasteiger partial charge >= 0.3 is 5.97 Å². The minimum Gasteiger partial charge on any atom is -0.467 e. The van der Waals surface area contributed by atoms with Crippen molar-refractivity contribution in [2.75, 3.05) is 20.2 Å². The summed E-state index contributed by atoms with van der Waals surface area (Å²) in [5.41, 5.74) is 5.71. The predicted octanol–water partition coefficient (Wildman–Crippen LogP) is 0.0195. The van der Waals surface area contributed by atoms with Gasteiger partial charge in [0.25, 0.3) is 0 Å². The Labute approximate surface area is 172 Å². The van der Waals surface area contributed by atoms with Crippen LogP contribution in [0.4, 0.5) is 0 Å². The van der Waals surface area contributed by atoms with Crippen LogP contribution in [0.5, 0.6) is 0 Å². The summed E-state index contributed by atoms with van der Waals surface area (Å²) in [5.74, 6) is -1.16. The number of hydrogen-bond acceptors (Lipinski definition) is 6. The van der Waals surface area contributed by atoms with Crippen LogP contribution >= 0.6 is 0 Å². The van der Waals surface area contributed by atoms with E-state index in [0.717, 1.165) is 6.42 Å². The molecule has 2 rings (SSSR count). The Kier molecular flexibility index (Phi) is 8.01. The Morgan fingerprint density at radius 1 is 1.00 bits per heavy atom. The molecule has 0 unspecified atom stereocenters. The van der Waals surface area contributed by atoms with Crippen molar-refractivity contribution in [3.05, 3.63) is 0 Å². The summed E-state index contributed by atoms with van der Waals surface area (Å²) >= 11 is 0. The van der Waals surface area contributed by atoms with Gasteiger partial charge in [-0.2, -0.15) is 0 Å². The molecule has 0 spiro atoms. The molecule has 9 heteroatoms. The maximum absolute atomic E-state index is 13.2. The molecule has 4 atom stereocenters. The summed E-state index contributed by atoms with van der Waals surface area (Å²) in [6, 6.07) is -2.66. The first-order valence-corrected chi connectivity index (χ1v) is 10.4. The minimum absolute atomic E-state index is 0.161. The third-order valence-corrected chi connectivity index (χ3v) is 5.56. The van der Waals surface area contributed by atoms with Gasteiger partial charge in [0.1, 0.15) is 18.1 Å². The molecule has 0 bridgehead atoms. The number of hydrogen-bond donors (Lipinski definition) is 2. The monoisotopic (exact) mass is 410 g/mol. The first-order valence-electron chi connectivity index (χ1n) is 10.4. The van der Waals surface area contributed by atoms with Crippen molar-refractivity contribution in [1.29, 1.82) is 0 Å². The van der Waals surface area contributed by atoms with E-state index < -0.39 is 30.1 Å². The zero-order valence-electron chi connectivity index (χ0n) is 17.8. The van der Waals surface area contributed by atoms with Crippen LogP contribution in [-0.2, 0) is 23.9 Å². The Hall–Kier alpha value is -2.16. The van der Waals surface area contributed by atoms with Gasteiger partial charge in [-0.05, 0) is 44.9 Å². The lowest BCUT2D eigenvalue weighted by Crippen LogP contribution is -2.56. The zero-order valence-corrected chi connectivity index (χ0v) is 17.8. The number of nitrogens with one attached hydrogen (secondary N) is 1. The van der Waals surface area contributed by atoms with E-state index in [0.29, 0.717) is 38.8 Å². The molecule has 2 aliphatic heterocycles. The number of ether oxygens (including phenoxy) is 1. The molecule has 164 valence electrons. The second-order valence-electron chi connectivity index (χ2n) is 8.38. The molecule has 2 heterocycles. The Balaban J connectivity index is 2.13. The lowest BCUT2D eigenvalue weighted by molar-refractivity contribution is -0.152. The van der Waals surface area contributed by atoms with Gasteiger partial charge in [0.05, 0.1) is 13.2 Å². The second kappa shape index (κ2) is 10.0. The molecule has 0 radical (unpaired) electrons. The number of esters is 1. The molecule has 0 aromatic carbocycles. The lowest BCUT2D eigenvalue weighted by atomic mass is 10.0. The molecule has 2 aliphatic rings. The van der Waals surface area contributed by atoms with Crippen molar-refractivity contribution in [3.63, 3.8) is 0 Å². The number of carbonyl (C=O) groups is 4. The number of nitrogens with two attached hydrogens (primary N) is 1. The van der Waals surface area contributed by atoms with Gasteiger partial charge in [0.2, 0.25) is 17.7 Å². The van der Waals surface area contributed by atoms with E-state index in [1.807, 2.05) is 13.8 Å². The zero-order chi connectivity index (χ0) is 21.7. The van der Waals surface area contributed by atoms with Gasteiger partial charge < -0.3 is 25.6 Å². The van der Waals surface area contributed by atoms with Crippen molar-refractivity contribution in [1.82, 2.24) is 15.1 Å². The van der Waals surface area contributed by atoms with Crippen molar-refractivity contribution < 1.29 is 23.9 Å². The molecule has 0 aromatic heterocycles. The summed E-state index contributed by atoms with van der Waals surface area (Å²) in [4.78, 5) is 53.5. The van der Waals surface area contributed by atoms with E-state index in [1.54, 1.807) is 6.92 Å². The first kappa shape index (κ1) is 23.1. The second-order valence-corrected chi connectivity index (χ2v) is 8.38. The topological polar surface area (TPSA) is 122 Å². The van der Waals surface area contributed by atoms with Crippen LogP contribution in [0.1, 0.15) is 52.9 Å². The van der Waals surface area contributed by atoms with Crippen LogP contribution in [0, 0.1) is 5.92 Å². The molecule has 9 nitrogen and oxygen atoms in total. The van der Waals surface area contributed by atoms with Gasteiger partial charge in [-0.25, -0.2) is 4.79 Å². The van der Waals surface area contributed by atoms with Crippen LogP contribution in [0.3, 0.4) is 0 Å². The molecule has 29 heavy (non-hydrogen) atoms. The van der Waals surface area contributed by atoms with E-state index in [1.165, 1.54) is 16.9 Å². The smallest absolute Gasteiger partial charge is 0.328 e. The van der Waals surface area contributed by atoms with Crippen LogP contribution in [0.25, 0.3) is 0 Å². The third kappa shape index (κ3) is 5.46. The highest BCUT2D eigenvalue weighted by atomic mass is 16.5. The Morgan fingerprint density at radius 3 is 2.07 bits per heavy atom. The highest BCUT2D eigenvalue weighted by molar-refractivity contribution is 5.94. The number of nitrogens with zero attached hydrogens (tertiary/aromatic N) is 2. The van der Waals surface area contributed by atoms with E-state index in [-0.39, 0.29) is 23.6 Å². The quantitative estimate of drug-likeness (QED) is 0.571. The van der Waals surface area contributed by atoms with Gasteiger partial charge in [-0.3, -0.25) is 14.4 Å². The number of carbonyl (C=O) groups excluding carboxylic acids is 4. The fourth-order valence-electron chi connectivity index (χ4n) is 4.14. The van der Waals surface area contributed by atoms with Gasteiger partial charge in [0.15, 0.2) is 0 Å². The van der Waals surface area contributed by atoms with E-state index in [2.05, 4.69) is 5.32 Å². The molecule has 3 N–H and O–H groups in total. The lowest BCUT2D eigenvalue weighted by Gasteiger charge is -2.31. The van der Waals surface area contributed by atoms with Crippen molar-refractivity contribution in [3.8, 4) is 0 Å². The molecule has 0 saturated carbocycles. The van der Waals surface area contributed by atoms with Crippen LogP contribution < -0.4 is 11.1 Å². The average molecular weight is 411 g/mol. The molecular formula is C20H34N4O5. The van der Waals surface area contributed by atoms with Crippen LogP contribution in [0.15, 0.2) is 0 Å². The van der Waals surface area contributed by atoms with E-state index in [9.17, 15) is 19.2 Å². The summed E-state index contributed by atoms with van der Waals surface area (Å²) in [7, 11) is 1.31. The fourth-order valence-corrected chi connectivity index (χ4v) is 4.14. The maximum Gasteiger partial charge on any atom is 0.328 e. The van der Waals surface area contributed by atoms with Gasteiger partial charge in [-0.15, -0.1) is 0 Å². The number of rotatable bonds is 7. The summed E-state index contributed by atoms with van der Waals surface area (Å²) < 4.78 is 4.82. The predicted molar refractivity (Wildman–Crippen MR) is 107 cm³/mol. The standard InChI is InChI=1S/C20H34N4O5/c1-12(2)11-14(19(27)24-10-6-8-16(24)20(28)29-4)22-17(25)15-7-5-9-23(15)18(26)13(3)21/h12-16H,5-11,21H2,1-4H3,(H,22,25)/t13-,14-,15-,16-/m0/s1. The van der Waals surface area contributed by atoms with E-state index >= 15 is 0 Å². The van der Waals surface area contributed by atoms with Gasteiger partial charge in [-0.1, -0.05) is 13.8 Å². The fraction of sp³-hybridized carbons (Fsp3) is 0.800. The molecule has 0 aliphatic carbocycles.